The second-order valence-electron chi connectivity index (χ2n) is 8.99. The normalized spacial score (nSPS) is 10.6. The largest absolute Gasteiger partial charge is 0.497 e. The number of benzene rings is 4. The Labute approximate surface area is 229 Å². The monoisotopic (exact) mass is 540 g/mol. The van der Waals surface area contributed by atoms with Crippen molar-refractivity contribution in [2.75, 3.05) is 7.11 Å². The number of carbonyl (C=O) groups is 2. The average molecular weight is 541 g/mol. The quantitative estimate of drug-likeness (QED) is 0.109. The third-order valence-electron chi connectivity index (χ3n) is 6.26. The van der Waals surface area contributed by atoms with Crippen molar-refractivity contribution >= 4 is 23.3 Å². The maximum atomic E-state index is 12.8. The summed E-state index contributed by atoms with van der Waals surface area (Å²) in [7, 11) is 1.52. The molecule has 0 heterocycles. The number of ether oxygens (including phenoxy) is 2. The van der Waals surface area contributed by atoms with Gasteiger partial charge in [0.05, 0.1) is 29.8 Å². The fourth-order valence-corrected chi connectivity index (χ4v) is 4.26. The number of carbonyl (C=O) groups excluding carboxylic acids is 2. The molecule has 0 radical (unpaired) electrons. The number of nitro groups is 2. The molecule has 0 fully saturated rings. The van der Waals surface area contributed by atoms with Crippen molar-refractivity contribution in [1.82, 2.24) is 0 Å². The number of nitrogens with zero attached hydrogens (tertiary/aromatic N) is 2. The first kappa shape index (κ1) is 27.6. The number of nitro benzene ring substituents is 2. The molecule has 0 aliphatic rings. The van der Waals surface area contributed by atoms with E-state index in [2.05, 4.69) is 0 Å². The van der Waals surface area contributed by atoms with Gasteiger partial charge in [-0.15, -0.1) is 0 Å². The van der Waals surface area contributed by atoms with Gasteiger partial charge in [-0.2, -0.15) is 0 Å². The van der Waals surface area contributed by atoms with E-state index in [-0.39, 0.29) is 11.4 Å². The zero-order chi connectivity index (χ0) is 28.8. The number of aryl methyl sites for hydroxylation is 1. The summed E-state index contributed by atoms with van der Waals surface area (Å²) in [6, 6.07) is 22.6. The average Bonchev–Trinajstić information content (AvgIpc) is 2.93. The number of non-ortho nitro benzene ring substituents is 2. The molecule has 0 saturated carbocycles. The number of rotatable bonds is 9. The second-order valence-corrected chi connectivity index (χ2v) is 8.99. The van der Waals surface area contributed by atoms with Crippen LogP contribution in [0.3, 0.4) is 0 Å². The summed E-state index contributed by atoms with van der Waals surface area (Å²) in [6.45, 7) is 1.92. The lowest BCUT2D eigenvalue weighted by Gasteiger charge is -2.12. The highest BCUT2D eigenvalue weighted by Gasteiger charge is 2.20. The fraction of sp³-hybridized carbons (Fsp3) is 0.133. The highest BCUT2D eigenvalue weighted by atomic mass is 16.6. The van der Waals surface area contributed by atoms with Crippen LogP contribution in [-0.2, 0) is 27.2 Å². The predicted octanol–water partition coefficient (Wildman–Crippen LogP) is 6.01. The van der Waals surface area contributed by atoms with Gasteiger partial charge in [0.25, 0.3) is 11.4 Å². The molecule has 4 aromatic rings. The lowest BCUT2D eigenvalue weighted by Crippen LogP contribution is -2.17. The van der Waals surface area contributed by atoms with Crippen molar-refractivity contribution < 1.29 is 28.9 Å². The van der Waals surface area contributed by atoms with E-state index >= 15 is 0 Å². The van der Waals surface area contributed by atoms with Gasteiger partial charge in [-0.25, -0.2) is 0 Å². The van der Waals surface area contributed by atoms with Crippen molar-refractivity contribution in [2.24, 2.45) is 0 Å². The molecule has 0 spiro atoms. The Hall–Kier alpha value is -5.38. The van der Waals surface area contributed by atoms with Crippen LogP contribution in [0.5, 0.6) is 5.75 Å². The van der Waals surface area contributed by atoms with Gasteiger partial charge in [0, 0.05) is 24.3 Å². The Bertz CT molecular complexity index is 1600. The third-order valence-corrected chi connectivity index (χ3v) is 6.26. The molecule has 0 saturated heterocycles. The Balaban J connectivity index is 1.57. The van der Waals surface area contributed by atoms with Crippen LogP contribution in [0.1, 0.15) is 16.7 Å². The van der Waals surface area contributed by atoms with Crippen molar-refractivity contribution in [2.45, 2.75) is 19.8 Å². The lowest BCUT2D eigenvalue weighted by atomic mass is 9.96. The summed E-state index contributed by atoms with van der Waals surface area (Å²) in [4.78, 5) is 47.2. The fourth-order valence-electron chi connectivity index (χ4n) is 4.26. The van der Waals surface area contributed by atoms with Gasteiger partial charge in [-0.1, -0.05) is 42.0 Å². The van der Waals surface area contributed by atoms with Crippen molar-refractivity contribution in [1.29, 1.82) is 0 Å². The van der Waals surface area contributed by atoms with E-state index in [9.17, 15) is 29.8 Å². The number of esters is 2. The van der Waals surface area contributed by atoms with Crippen molar-refractivity contribution in [3.8, 4) is 28.0 Å². The Morgan fingerprint density at radius 3 is 1.50 bits per heavy atom. The SMILES string of the molecule is COc1ccc(-c2ccc([N+](=O)[O-])cc2CC(=O)OC(=O)Cc2cc([N+](=O)[O-])ccc2-c2ccc(C)cc2)cc1. The molecule has 0 N–H and O–H groups in total. The van der Waals surface area contributed by atoms with Crippen molar-refractivity contribution in [3.63, 3.8) is 0 Å². The van der Waals surface area contributed by atoms with Gasteiger partial charge in [-0.3, -0.25) is 29.8 Å². The first-order chi connectivity index (χ1) is 19.1. The Kier molecular flexibility index (Phi) is 8.29. The van der Waals surface area contributed by atoms with E-state index in [1.165, 1.54) is 37.4 Å². The Morgan fingerprint density at radius 1 is 0.675 bits per heavy atom. The molecule has 0 aliphatic heterocycles. The molecule has 202 valence electrons. The molecule has 40 heavy (non-hydrogen) atoms. The number of methoxy groups -OCH3 is 1. The minimum absolute atomic E-state index is 0.203. The van der Waals surface area contributed by atoms with E-state index in [0.717, 1.165) is 11.1 Å². The van der Waals surface area contributed by atoms with Crippen LogP contribution in [0.15, 0.2) is 84.9 Å². The van der Waals surface area contributed by atoms with Gasteiger partial charge in [0.15, 0.2) is 0 Å². The molecule has 10 nitrogen and oxygen atoms in total. The van der Waals surface area contributed by atoms with Crippen LogP contribution in [0.25, 0.3) is 22.3 Å². The van der Waals surface area contributed by atoms with E-state index in [1.807, 2.05) is 31.2 Å². The lowest BCUT2D eigenvalue weighted by molar-refractivity contribution is -0.385. The van der Waals surface area contributed by atoms with Crippen LogP contribution >= 0.6 is 0 Å². The summed E-state index contributed by atoms with van der Waals surface area (Å²) in [5, 5.41) is 22.7. The highest BCUT2D eigenvalue weighted by Crippen LogP contribution is 2.31. The van der Waals surface area contributed by atoms with Crippen LogP contribution in [0.2, 0.25) is 0 Å². The summed E-state index contributed by atoms with van der Waals surface area (Å²) < 4.78 is 10.2. The molecule has 0 atom stereocenters. The summed E-state index contributed by atoms with van der Waals surface area (Å²) >= 11 is 0. The van der Waals surface area contributed by atoms with E-state index in [0.29, 0.717) is 33.6 Å². The molecule has 4 rings (SSSR count). The predicted molar refractivity (Wildman–Crippen MR) is 147 cm³/mol. The van der Waals surface area contributed by atoms with E-state index in [1.54, 1.807) is 30.3 Å². The minimum Gasteiger partial charge on any atom is -0.497 e. The number of hydrogen-bond acceptors (Lipinski definition) is 8. The zero-order valence-corrected chi connectivity index (χ0v) is 21.7. The highest BCUT2D eigenvalue weighted by molar-refractivity contribution is 5.90. The maximum absolute atomic E-state index is 12.8. The van der Waals surface area contributed by atoms with Crippen molar-refractivity contribution in [3.05, 3.63) is 122 Å². The summed E-state index contributed by atoms with van der Waals surface area (Å²) in [5.41, 5.74) is 3.80. The molecule has 0 bridgehead atoms. The van der Waals surface area contributed by atoms with Crippen LogP contribution in [-0.4, -0.2) is 28.9 Å². The van der Waals surface area contributed by atoms with Gasteiger partial charge < -0.3 is 9.47 Å². The molecular formula is C30H24N2O8. The van der Waals surface area contributed by atoms with Crippen LogP contribution in [0.4, 0.5) is 11.4 Å². The molecule has 0 aliphatic carbocycles. The van der Waals surface area contributed by atoms with E-state index < -0.39 is 34.6 Å². The summed E-state index contributed by atoms with van der Waals surface area (Å²) in [5.74, 6) is -1.21. The molecule has 0 aromatic heterocycles. The standard InChI is InChI=1S/C30H24N2O8/c1-19-3-5-20(6-4-19)27-13-9-24(31(35)36)15-22(27)17-29(33)40-30(34)18-23-16-25(32(37)38)10-14-28(23)21-7-11-26(39-2)12-8-21/h3-16H,17-18H2,1-2H3. The first-order valence-electron chi connectivity index (χ1n) is 12.1. The maximum Gasteiger partial charge on any atom is 0.317 e. The van der Waals surface area contributed by atoms with Crippen LogP contribution in [0, 0.1) is 27.2 Å². The van der Waals surface area contributed by atoms with Gasteiger partial charge in [0.2, 0.25) is 0 Å². The van der Waals surface area contributed by atoms with Crippen LogP contribution < -0.4 is 4.74 Å². The zero-order valence-electron chi connectivity index (χ0n) is 21.7. The number of hydrogen-bond donors (Lipinski definition) is 0. The summed E-state index contributed by atoms with van der Waals surface area (Å²) in [6.07, 6.45) is -0.800. The van der Waals surface area contributed by atoms with E-state index in [4.69, 9.17) is 9.47 Å². The molecule has 10 heteroatoms. The molecular weight excluding hydrogens is 516 g/mol. The minimum atomic E-state index is -0.914. The first-order valence-corrected chi connectivity index (χ1v) is 12.1. The van der Waals surface area contributed by atoms with Gasteiger partial charge in [0.1, 0.15) is 5.75 Å². The smallest absolute Gasteiger partial charge is 0.317 e. The molecule has 0 amide bonds. The topological polar surface area (TPSA) is 139 Å². The molecule has 0 unspecified atom stereocenters. The second kappa shape index (κ2) is 12.0. The molecule has 4 aromatic carbocycles. The van der Waals surface area contributed by atoms with Gasteiger partial charge >= 0.3 is 11.9 Å². The third kappa shape index (κ3) is 6.54. The Morgan fingerprint density at radius 2 is 1.10 bits per heavy atom. The van der Waals surface area contributed by atoms with Gasteiger partial charge in [-0.05, 0) is 64.6 Å².